The van der Waals surface area contributed by atoms with Gasteiger partial charge in [-0.15, -0.1) is 0 Å². The molecule has 0 heterocycles. The van der Waals surface area contributed by atoms with Crippen molar-refractivity contribution in [3.63, 3.8) is 0 Å². The largest absolute Gasteiger partial charge is 0.541 e. The molecule has 0 radical (unpaired) electrons. The minimum atomic E-state index is -2.08. The zero-order chi connectivity index (χ0) is 26.4. The molecule has 0 spiro atoms. The predicted molar refractivity (Wildman–Crippen MR) is 156 cm³/mol. The van der Waals surface area contributed by atoms with E-state index in [4.69, 9.17) is 9.16 Å². The maximum absolute atomic E-state index is 7.21. The smallest absolute Gasteiger partial charge is 0.250 e. The second-order valence-corrected chi connectivity index (χ2v) is 18.0. The first kappa shape index (κ1) is 27.0. The molecule has 2 aromatic rings. The van der Waals surface area contributed by atoms with Crippen LogP contribution < -0.4 is 9.16 Å². The first-order valence-electron chi connectivity index (χ1n) is 14.0. The second kappa shape index (κ2) is 10.0. The summed E-state index contributed by atoms with van der Waals surface area (Å²) in [4.78, 5) is 0. The topological polar surface area (TPSA) is 18.5 Å². The lowest BCUT2D eigenvalue weighted by Gasteiger charge is -2.45. The standard InChI is InChI=1S/C33H48O2Si/c1-21(2)18-26-19-23(4)27-17-16-22(3)28-30(27)29(26)24(5)31(35-36(9,10)33(6,7)8)32(28)34-20-25-14-12-11-13-15-25/h11-15,18,22-23,26-27H,16-17,19-20H2,1-10H3/t22-,23-,26+,27+/m0/s1. The quantitative estimate of drug-likeness (QED) is 0.288. The van der Waals surface area contributed by atoms with Gasteiger partial charge in [-0.1, -0.05) is 76.6 Å². The molecule has 0 unspecified atom stereocenters. The summed E-state index contributed by atoms with van der Waals surface area (Å²) in [5.41, 5.74) is 8.50. The average Bonchev–Trinajstić information content (AvgIpc) is 2.78. The third-order valence-corrected chi connectivity index (χ3v) is 13.5. The lowest BCUT2D eigenvalue weighted by molar-refractivity contribution is 0.275. The molecule has 0 saturated carbocycles. The summed E-state index contributed by atoms with van der Waals surface area (Å²) in [6.45, 7) is 23.9. The third-order valence-electron chi connectivity index (χ3n) is 9.16. The molecule has 0 aromatic heterocycles. The number of rotatable bonds is 6. The molecule has 3 heteroatoms. The van der Waals surface area contributed by atoms with Crippen LogP contribution in [0.5, 0.6) is 11.5 Å². The lowest BCUT2D eigenvalue weighted by Crippen LogP contribution is -2.44. The monoisotopic (exact) mass is 504 g/mol. The van der Waals surface area contributed by atoms with Crippen LogP contribution in [-0.4, -0.2) is 8.32 Å². The summed E-state index contributed by atoms with van der Waals surface area (Å²) < 4.78 is 14.0. The number of ether oxygens (including phenoxy) is 1. The number of allylic oxidation sites excluding steroid dienone is 2. The van der Waals surface area contributed by atoms with Crippen LogP contribution in [0.25, 0.3) is 0 Å². The molecule has 4 atom stereocenters. The van der Waals surface area contributed by atoms with E-state index >= 15 is 0 Å². The van der Waals surface area contributed by atoms with Gasteiger partial charge in [0, 0.05) is 11.5 Å². The van der Waals surface area contributed by atoms with Gasteiger partial charge in [0.1, 0.15) is 12.4 Å². The van der Waals surface area contributed by atoms with E-state index in [-0.39, 0.29) is 5.04 Å². The summed E-state index contributed by atoms with van der Waals surface area (Å²) in [6.07, 6.45) is 6.24. The lowest BCUT2D eigenvalue weighted by atomic mass is 9.62. The molecule has 0 saturated heterocycles. The minimum absolute atomic E-state index is 0.116. The van der Waals surface area contributed by atoms with Crippen molar-refractivity contribution in [3.05, 3.63) is 69.8 Å². The molecule has 36 heavy (non-hydrogen) atoms. The molecule has 196 valence electrons. The first-order valence-corrected chi connectivity index (χ1v) is 16.9. The Morgan fingerprint density at radius 2 is 1.64 bits per heavy atom. The number of hydrogen-bond donors (Lipinski definition) is 0. The summed E-state index contributed by atoms with van der Waals surface area (Å²) in [6, 6.07) is 10.6. The van der Waals surface area contributed by atoms with Gasteiger partial charge in [0.25, 0.3) is 8.32 Å². The molecule has 2 aliphatic carbocycles. The summed E-state index contributed by atoms with van der Waals surface area (Å²) in [7, 11) is -2.08. The summed E-state index contributed by atoms with van der Waals surface area (Å²) in [5, 5.41) is 0.116. The Bertz CT molecular complexity index is 1120. The van der Waals surface area contributed by atoms with Gasteiger partial charge >= 0.3 is 0 Å². The van der Waals surface area contributed by atoms with Crippen LogP contribution in [0.4, 0.5) is 0 Å². The highest BCUT2D eigenvalue weighted by molar-refractivity contribution is 6.74. The average molecular weight is 505 g/mol. The van der Waals surface area contributed by atoms with Crippen LogP contribution in [0.3, 0.4) is 0 Å². The summed E-state index contributed by atoms with van der Waals surface area (Å²) in [5.74, 6) is 4.28. The fourth-order valence-corrected chi connectivity index (χ4v) is 7.24. The molecule has 2 nitrogen and oxygen atoms in total. The number of hydrogen-bond acceptors (Lipinski definition) is 2. The van der Waals surface area contributed by atoms with Gasteiger partial charge in [0.2, 0.25) is 0 Å². The van der Waals surface area contributed by atoms with Gasteiger partial charge in [0.05, 0.1) is 0 Å². The van der Waals surface area contributed by atoms with Gasteiger partial charge in [-0.3, -0.25) is 0 Å². The van der Waals surface area contributed by atoms with Crippen molar-refractivity contribution in [2.24, 2.45) is 5.92 Å². The first-order chi connectivity index (χ1) is 16.8. The van der Waals surface area contributed by atoms with Gasteiger partial charge in [-0.25, -0.2) is 0 Å². The molecule has 0 N–H and O–H groups in total. The van der Waals surface area contributed by atoms with E-state index < -0.39 is 8.32 Å². The van der Waals surface area contributed by atoms with Crippen LogP contribution in [0.2, 0.25) is 18.1 Å². The minimum Gasteiger partial charge on any atom is -0.541 e. The molecule has 0 aliphatic heterocycles. The van der Waals surface area contributed by atoms with Crippen LogP contribution in [0.15, 0.2) is 42.0 Å². The number of benzene rings is 2. The Hall–Kier alpha value is -2.00. The van der Waals surface area contributed by atoms with Gasteiger partial charge in [-0.2, -0.15) is 0 Å². The fraction of sp³-hybridized carbons (Fsp3) is 0.576. The van der Waals surface area contributed by atoms with Crippen molar-refractivity contribution in [2.75, 3.05) is 0 Å². The highest BCUT2D eigenvalue weighted by Crippen LogP contribution is 2.59. The zero-order valence-corrected chi connectivity index (χ0v) is 25.4. The van der Waals surface area contributed by atoms with Crippen molar-refractivity contribution in [1.82, 2.24) is 0 Å². The Morgan fingerprint density at radius 3 is 2.25 bits per heavy atom. The Kier molecular flexibility index (Phi) is 7.54. The van der Waals surface area contributed by atoms with Crippen molar-refractivity contribution in [2.45, 2.75) is 117 Å². The summed E-state index contributed by atoms with van der Waals surface area (Å²) >= 11 is 0. The highest BCUT2D eigenvalue weighted by atomic mass is 28.4. The van der Waals surface area contributed by atoms with Crippen LogP contribution in [0, 0.1) is 12.8 Å². The third kappa shape index (κ3) is 5.05. The van der Waals surface area contributed by atoms with Gasteiger partial charge in [-0.05, 0) is 98.2 Å². The van der Waals surface area contributed by atoms with Crippen molar-refractivity contribution in [1.29, 1.82) is 0 Å². The van der Waals surface area contributed by atoms with Crippen molar-refractivity contribution < 1.29 is 9.16 Å². The fourth-order valence-electron chi connectivity index (χ4n) is 6.18. The van der Waals surface area contributed by atoms with E-state index in [1.54, 1.807) is 11.1 Å². The van der Waals surface area contributed by atoms with Crippen molar-refractivity contribution in [3.8, 4) is 11.5 Å². The van der Waals surface area contributed by atoms with E-state index in [9.17, 15) is 0 Å². The van der Waals surface area contributed by atoms with Crippen LogP contribution >= 0.6 is 0 Å². The predicted octanol–water partition coefficient (Wildman–Crippen LogP) is 10.0. The molecular formula is C33H48O2Si. The van der Waals surface area contributed by atoms with E-state index in [0.717, 1.165) is 11.5 Å². The van der Waals surface area contributed by atoms with E-state index in [1.807, 2.05) is 0 Å². The molecule has 2 aliphatic rings. The van der Waals surface area contributed by atoms with Crippen LogP contribution in [-0.2, 0) is 6.61 Å². The molecule has 0 amide bonds. The Morgan fingerprint density at radius 1 is 0.972 bits per heavy atom. The second-order valence-electron chi connectivity index (χ2n) is 13.3. The maximum Gasteiger partial charge on any atom is 0.250 e. The Labute approximate surface area is 221 Å². The maximum atomic E-state index is 7.21. The molecule has 4 rings (SSSR count). The highest BCUT2D eigenvalue weighted by Gasteiger charge is 2.44. The van der Waals surface area contributed by atoms with Crippen molar-refractivity contribution >= 4 is 8.32 Å². The van der Waals surface area contributed by atoms with Gasteiger partial charge in [0.15, 0.2) is 5.75 Å². The normalized spacial score (nSPS) is 23.6. The SMILES string of the molecule is CC(C)=C[C@@H]1C[C@H](C)[C@H]2CC[C@H](C)c3c(OCc4ccccc4)c(O[Si](C)(C)C(C)(C)C)c(C)c1c32. The van der Waals surface area contributed by atoms with E-state index in [2.05, 4.69) is 105 Å². The molecule has 2 aromatic carbocycles. The molecule has 0 bridgehead atoms. The van der Waals surface area contributed by atoms with Gasteiger partial charge < -0.3 is 9.16 Å². The van der Waals surface area contributed by atoms with E-state index in [0.29, 0.717) is 30.3 Å². The molecule has 0 fully saturated rings. The van der Waals surface area contributed by atoms with Crippen LogP contribution in [0.1, 0.15) is 113 Å². The molecular weight excluding hydrogens is 456 g/mol. The zero-order valence-electron chi connectivity index (χ0n) is 24.4. The van der Waals surface area contributed by atoms with E-state index in [1.165, 1.54) is 41.5 Å². The Balaban J connectivity index is 1.98.